The largest absolute Gasteiger partial charge is 0.447 e. The van der Waals surface area contributed by atoms with Gasteiger partial charge in [0.2, 0.25) is 0 Å². The Labute approximate surface area is 156 Å². The highest BCUT2D eigenvalue weighted by Gasteiger charge is 2.22. The number of benzene rings is 1. The Hall–Kier alpha value is -2.05. The normalized spacial score (nSPS) is 11.1. The Morgan fingerprint density at radius 3 is 2.52 bits per heavy atom. The van der Waals surface area contributed by atoms with E-state index in [4.69, 9.17) is 27.9 Å². The molecule has 0 saturated carbocycles. The summed E-state index contributed by atoms with van der Waals surface area (Å²) in [5.74, 6) is 0.514. The number of aromatic nitrogens is 2. The molecule has 0 aliphatic heterocycles. The van der Waals surface area contributed by atoms with Crippen molar-refractivity contribution in [2.24, 2.45) is 0 Å². The van der Waals surface area contributed by atoms with Crippen LogP contribution in [-0.2, 0) is 11.2 Å². The summed E-state index contributed by atoms with van der Waals surface area (Å²) in [6.07, 6.45) is 1.61. The maximum Gasteiger partial charge on any atom is 0.411 e. The summed E-state index contributed by atoms with van der Waals surface area (Å²) in [6, 6.07) is 6.76. The van der Waals surface area contributed by atoms with Crippen LogP contribution in [0.2, 0.25) is 10.0 Å². The van der Waals surface area contributed by atoms with Gasteiger partial charge in [-0.3, -0.25) is 5.32 Å². The fraction of sp³-hybridized carbons (Fsp3) is 0.353. The summed E-state index contributed by atoms with van der Waals surface area (Å²) < 4.78 is 5.28. The minimum atomic E-state index is -0.569. The average Bonchev–Trinajstić information content (AvgIpc) is 2.57. The van der Waals surface area contributed by atoms with Crippen LogP contribution < -0.4 is 10.6 Å². The van der Waals surface area contributed by atoms with Crippen LogP contribution in [0.1, 0.15) is 26.5 Å². The second kappa shape index (κ2) is 8.36. The Morgan fingerprint density at radius 1 is 1.20 bits per heavy atom. The summed E-state index contributed by atoms with van der Waals surface area (Å²) >= 11 is 12.1. The number of aryl methyl sites for hydroxylation is 1. The number of hydrogen-bond acceptors (Lipinski definition) is 5. The Kier molecular flexibility index (Phi) is 6.45. The lowest BCUT2D eigenvalue weighted by molar-refractivity contribution is 0.143. The standard InChI is InChI=1S/C17H20Cl2N4O2/c1-4-13-14(19)15(21-10-20-13)23-17(2,3)9-25-16(24)22-12-7-5-11(18)6-8-12/h5-8,10H,4,9H2,1-3H3,(H,22,24)(H,20,21,23). The highest BCUT2D eigenvalue weighted by Crippen LogP contribution is 2.25. The van der Waals surface area contributed by atoms with Gasteiger partial charge in [-0.15, -0.1) is 0 Å². The molecule has 0 bridgehead atoms. The zero-order valence-electron chi connectivity index (χ0n) is 14.3. The summed E-state index contributed by atoms with van der Waals surface area (Å²) in [5, 5.41) is 6.89. The van der Waals surface area contributed by atoms with E-state index in [2.05, 4.69) is 20.6 Å². The van der Waals surface area contributed by atoms with E-state index in [0.29, 0.717) is 28.0 Å². The van der Waals surface area contributed by atoms with Crippen LogP contribution in [0.4, 0.5) is 16.3 Å². The van der Waals surface area contributed by atoms with Gasteiger partial charge in [-0.2, -0.15) is 0 Å². The monoisotopic (exact) mass is 382 g/mol. The van der Waals surface area contributed by atoms with E-state index in [0.717, 1.165) is 5.69 Å². The van der Waals surface area contributed by atoms with Crippen molar-refractivity contribution < 1.29 is 9.53 Å². The first kappa shape index (κ1) is 19.3. The first-order chi connectivity index (χ1) is 11.8. The van der Waals surface area contributed by atoms with Crippen molar-refractivity contribution in [3.05, 3.63) is 46.3 Å². The molecular formula is C17H20Cl2N4O2. The van der Waals surface area contributed by atoms with E-state index in [1.54, 1.807) is 24.3 Å². The summed E-state index contributed by atoms with van der Waals surface area (Å²) in [4.78, 5) is 20.2. The van der Waals surface area contributed by atoms with Crippen LogP contribution in [0.3, 0.4) is 0 Å². The zero-order chi connectivity index (χ0) is 18.4. The number of anilines is 2. The van der Waals surface area contributed by atoms with Gasteiger partial charge in [0.1, 0.15) is 23.8 Å². The highest BCUT2D eigenvalue weighted by molar-refractivity contribution is 6.33. The molecule has 1 aromatic carbocycles. The number of carbonyl (C=O) groups is 1. The zero-order valence-corrected chi connectivity index (χ0v) is 15.8. The van der Waals surface area contributed by atoms with Gasteiger partial charge in [-0.05, 0) is 44.5 Å². The first-order valence-electron chi connectivity index (χ1n) is 7.77. The summed E-state index contributed by atoms with van der Waals surface area (Å²) in [6.45, 7) is 5.85. The van der Waals surface area contributed by atoms with Crippen molar-refractivity contribution in [3.8, 4) is 0 Å². The van der Waals surface area contributed by atoms with Crippen molar-refractivity contribution in [2.45, 2.75) is 32.7 Å². The van der Waals surface area contributed by atoms with Gasteiger partial charge in [-0.25, -0.2) is 14.8 Å². The molecule has 2 rings (SSSR count). The third-order valence-corrected chi connectivity index (χ3v) is 3.96. The van der Waals surface area contributed by atoms with Crippen LogP contribution in [0.5, 0.6) is 0 Å². The third-order valence-electron chi connectivity index (χ3n) is 3.31. The van der Waals surface area contributed by atoms with E-state index in [9.17, 15) is 4.79 Å². The maximum absolute atomic E-state index is 11.9. The molecular weight excluding hydrogens is 363 g/mol. The van der Waals surface area contributed by atoms with Gasteiger partial charge >= 0.3 is 6.09 Å². The SMILES string of the molecule is CCc1ncnc(NC(C)(C)COC(=O)Nc2ccc(Cl)cc2)c1Cl. The van der Waals surface area contributed by atoms with E-state index in [1.165, 1.54) is 6.33 Å². The van der Waals surface area contributed by atoms with Crippen molar-refractivity contribution in [3.63, 3.8) is 0 Å². The van der Waals surface area contributed by atoms with Crippen molar-refractivity contribution in [2.75, 3.05) is 17.2 Å². The molecule has 0 unspecified atom stereocenters. The van der Waals surface area contributed by atoms with Gasteiger partial charge in [0, 0.05) is 10.7 Å². The maximum atomic E-state index is 11.9. The number of rotatable bonds is 6. The van der Waals surface area contributed by atoms with Gasteiger partial charge in [0.15, 0.2) is 0 Å². The lowest BCUT2D eigenvalue weighted by atomic mass is 10.1. The number of hydrogen-bond donors (Lipinski definition) is 2. The molecule has 0 aliphatic rings. The number of ether oxygens (including phenoxy) is 1. The Bertz CT molecular complexity index is 736. The number of nitrogens with zero attached hydrogens (tertiary/aromatic N) is 2. The first-order valence-corrected chi connectivity index (χ1v) is 8.53. The molecule has 0 saturated heterocycles. The Morgan fingerprint density at radius 2 is 1.88 bits per heavy atom. The van der Waals surface area contributed by atoms with Gasteiger partial charge in [-0.1, -0.05) is 30.1 Å². The second-order valence-electron chi connectivity index (χ2n) is 6.05. The summed E-state index contributed by atoms with van der Waals surface area (Å²) in [5.41, 5.74) is 0.795. The van der Waals surface area contributed by atoms with E-state index < -0.39 is 11.6 Å². The molecule has 0 aliphatic carbocycles. The molecule has 25 heavy (non-hydrogen) atoms. The summed E-state index contributed by atoms with van der Waals surface area (Å²) in [7, 11) is 0. The molecule has 1 heterocycles. The predicted octanol–water partition coefficient (Wildman–Crippen LogP) is 4.79. The molecule has 134 valence electrons. The Balaban J connectivity index is 1.92. The molecule has 0 spiro atoms. The fourth-order valence-corrected chi connectivity index (χ4v) is 2.43. The van der Waals surface area contributed by atoms with E-state index in [1.807, 2.05) is 20.8 Å². The van der Waals surface area contributed by atoms with Crippen molar-refractivity contribution in [1.82, 2.24) is 9.97 Å². The molecule has 1 amide bonds. The van der Waals surface area contributed by atoms with Crippen molar-refractivity contribution in [1.29, 1.82) is 0 Å². The van der Waals surface area contributed by atoms with Gasteiger partial charge in [0.25, 0.3) is 0 Å². The lowest BCUT2D eigenvalue weighted by Gasteiger charge is -2.27. The van der Waals surface area contributed by atoms with Crippen LogP contribution >= 0.6 is 23.2 Å². The van der Waals surface area contributed by atoms with E-state index >= 15 is 0 Å². The molecule has 0 radical (unpaired) electrons. The van der Waals surface area contributed by atoms with Crippen LogP contribution in [-0.4, -0.2) is 28.2 Å². The second-order valence-corrected chi connectivity index (χ2v) is 6.87. The van der Waals surface area contributed by atoms with Gasteiger partial charge in [0.05, 0.1) is 11.2 Å². The van der Waals surface area contributed by atoms with Crippen LogP contribution in [0.25, 0.3) is 0 Å². The van der Waals surface area contributed by atoms with E-state index in [-0.39, 0.29) is 6.61 Å². The number of carbonyl (C=O) groups excluding carboxylic acids is 1. The molecule has 0 fully saturated rings. The minimum absolute atomic E-state index is 0.119. The fourth-order valence-electron chi connectivity index (χ4n) is 2.03. The molecule has 2 aromatic rings. The van der Waals surface area contributed by atoms with Gasteiger partial charge < -0.3 is 10.1 Å². The number of nitrogens with one attached hydrogen (secondary N) is 2. The predicted molar refractivity (Wildman–Crippen MR) is 101 cm³/mol. The molecule has 8 heteroatoms. The highest BCUT2D eigenvalue weighted by atomic mass is 35.5. The van der Waals surface area contributed by atoms with Crippen molar-refractivity contribution >= 4 is 40.8 Å². The number of amides is 1. The smallest absolute Gasteiger partial charge is 0.411 e. The quantitative estimate of drug-likeness (QED) is 0.751. The average molecular weight is 383 g/mol. The van der Waals surface area contributed by atoms with Crippen LogP contribution in [0.15, 0.2) is 30.6 Å². The molecule has 1 aromatic heterocycles. The molecule has 2 N–H and O–H groups in total. The topological polar surface area (TPSA) is 76.1 Å². The molecule has 6 nitrogen and oxygen atoms in total. The third kappa shape index (κ3) is 5.76. The minimum Gasteiger partial charge on any atom is -0.447 e. The molecule has 0 atom stereocenters. The number of halogens is 2. The lowest BCUT2D eigenvalue weighted by Crippen LogP contribution is -2.38. The van der Waals surface area contributed by atoms with Crippen LogP contribution in [0, 0.1) is 0 Å².